The van der Waals surface area contributed by atoms with Gasteiger partial charge in [-0.05, 0) is 70.5 Å². The first-order valence-corrected chi connectivity index (χ1v) is 13.7. The molecule has 35 heavy (non-hydrogen) atoms. The molecule has 2 saturated heterocycles. The topological polar surface area (TPSA) is 57.3 Å². The molecule has 3 aliphatic rings. The molecule has 3 heterocycles. The van der Waals surface area contributed by atoms with Crippen molar-refractivity contribution in [2.45, 2.75) is 89.5 Å². The number of hydrogen-bond donors (Lipinski definition) is 1. The van der Waals surface area contributed by atoms with Crippen molar-refractivity contribution < 1.29 is 14.3 Å². The second kappa shape index (κ2) is 11.5. The summed E-state index contributed by atoms with van der Waals surface area (Å²) < 4.78 is 11.4. The summed E-state index contributed by atoms with van der Waals surface area (Å²) in [6.45, 7) is 11.7. The van der Waals surface area contributed by atoms with Gasteiger partial charge < -0.3 is 19.7 Å². The molecule has 1 aromatic rings. The molecular weight excluding hydrogens is 440 g/mol. The Morgan fingerprint density at radius 2 is 1.77 bits per heavy atom. The molecule has 0 spiro atoms. The lowest BCUT2D eigenvalue weighted by Gasteiger charge is -2.35. The van der Waals surface area contributed by atoms with Crippen LogP contribution in [0.1, 0.15) is 71.3 Å². The third-order valence-corrected chi connectivity index (χ3v) is 8.18. The van der Waals surface area contributed by atoms with Gasteiger partial charge in [-0.15, -0.1) is 0 Å². The van der Waals surface area contributed by atoms with E-state index in [-0.39, 0.29) is 11.5 Å². The molecule has 2 fully saturated rings. The summed E-state index contributed by atoms with van der Waals surface area (Å²) in [6.07, 6.45) is 9.00. The van der Waals surface area contributed by atoms with E-state index in [1.54, 1.807) is 0 Å². The van der Waals surface area contributed by atoms with Crippen LogP contribution < -0.4 is 15.0 Å². The number of likely N-dealkylation sites (N-methyl/N-ethyl adjacent to an activating group) is 2. The van der Waals surface area contributed by atoms with Gasteiger partial charge in [-0.2, -0.15) is 0 Å². The number of fused-ring (bicyclic) bond motifs is 3. The molecule has 7 nitrogen and oxygen atoms in total. The van der Waals surface area contributed by atoms with Gasteiger partial charge >= 0.3 is 6.09 Å². The van der Waals surface area contributed by atoms with Crippen LogP contribution in [0.4, 0.5) is 10.5 Å². The fourth-order valence-corrected chi connectivity index (χ4v) is 6.59. The Bertz CT molecular complexity index is 855. The lowest BCUT2D eigenvalue weighted by molar-refractivity contribution is -0.0681. The van der Waals surface area contributed by atoms with Gasteiger partial charge in [0.15, 0.2) is 0 Å². The number of likely N-dealkylation sites (tertiary alicyclic amines) is 1. The van der Waals surface area contributed by atoms with Crippen molar-refractivity contribution >= 4 is 11.8 Å². The maximum absolute atomic E-state index is 12.3. The van der Waals surface area contributed by atoms with Crippen molar-refractivity contribution in [2.75, 3.05) is 51.7 Å². The lowest BCUT2D eigenvalue weighted by atomic mass is 9.81. The van der Waals surface area contributed by atoms with Crippen LogP contribution in [0.15, 0.2) is 18.2 Å². The molecule has 0 aliphatic carbocycles. The minimum atomic E-state index is -0.351. The molecule has 0 saturated carbocycles. The number of amides is 1. The van der Waals surface area contributed by atoms with Crippen molar-refractivity contribution in [3.05, 3.63) is 23.8 Å². The summed E-state index contributed by atoms with van der Waals surface area (Å²) in [7, 11) is 4.35. The first-order valence-electron chi connectivity index (χ1n) is 13.7. The number of rotatable bonds is 10. The van der Waals surface area contributed by atoms with Gasteiger partial charge in [0.05, 0.1) is 18.4 Å². The van der Waals surface area contributed by atoms with Gasteiger partial charge in [0.2, 0.25) is 0 Å². The van der Waals surface area contributed by atoms with Crippen molar-refractivity contribution in [2.24, 2.45) is 0 Å². The zero-order valence-electron chi connectivity index (χ0n) is 22.5. The normalized spacial score (nSPS) is 28.7. The monoisotopic (exact) mass is 486 g/mol. The number of morpholine rings is 1. The Morgan fingerprint density at radius 1 is 1.09 bits per heavy atom. The van der Waals surface area contributed by atoms with E-state index >= 15 is 0 Å². The lowest BCUT2D eigenvalue weighted by Crippen LogP contribution is -2.45. The summed E-state index contributed by atoms with van der Waals surface area (Å²) in [5, 5.41) is 2.93. The van der Waals surface area contributed by atoms with E-state index in [4.69, 9.17) is 9.47 Å². The van der Waals surface area contributed by atoms with Gasteiger partial charge in [-0.3, -0.25) is 9.80 Å². The highest BCUT2D eigenvalue weighted by Gasteiger charge is 2.52. The number of hydrogen-bond acceptors (Lipinski definition) is 6. The molecule has 0 radical (unpaired) electrons. The maximum atomic E-state index is 12.3. The standard InChI is InChI=1S/C28H46N4O3/c1-21-19-32(20-22(2)34-21)16-11-9-7-6-8-10-15-29-27(33)35-23-12-13-25-24(18-23)28(3)14-17-30(4)26(28)31(25)5/h12-13,18,21-22,26H,6-11,14-17,19-20H2,1-5H3,(H,29,33)/t21-,22+,26?,28-/m0/s1. The Labute approximate surface area is 212 Å². The van der Waals surface area contributed by atoms with Crippen LogP contribution >= 0.6 is 0 Å². The highest BCUT2D eigenvalue weighted by Crippen LogP contribution is 2.51. The molecule has 1 N–H and O–H groups in total. The quantitative estimate of drug-likeness (QED) is 0.488. The van der Waals surface area contributed by atoms with Crippen LogP contribution in [0.3, 0.4) is 0 Å². The Kier molecular flexibility index (Phi) is 8.61. The molecule has 196 valence electrons. The second-order valence-electron chi connectivity index (χ2n) is 11.3. The molecule has 1 aromatic carbocycles. The number of nitrogens with zero attached hydrogens (tertiary/aromatic N) is 3. The molecule has 3 aliphatic heterocycles. The molecule has 0 bridgehead atoms. The summed E-state index contributed by atoms with van der Waals surface area (Å²) >= 11 is 0. The molecule has 7 heteroatoms. The molecule has 0 aromatic heterocycles. The minimum Gasteiger partial charge on any atom is -0.410 e. The molecule has 1 amide bonds. The number of nitrogens with one attached hydrogen (secondary N) is 1. The van der Waals surface area contributed by atoms with E-state index in [9.17, 15) is 4.79 Å². The SMILES string of the molecule is C[C@@H]1CN(CCCCCCCCNC(=O)Oc2ccc3c(c2)[C@]2(C)CCN(C)C2N3C)C[C@H](C)O1. The maximum Gasteiger partial charge on any atom is 0.412 e. The van der Waals surface area contributed by atoms with Crippen molar-refractivity contribution in [3.63, 3.8) is 0 Å². The van der Waals surface area contributed by atoms with E-state index in [1.165, 1.54) is 43.5 Å². The van der Waals surface area contributed by atoms with Crippen LogP contribution in [0.2, 0.25) is 0 Å². The number of carbonyl (C=O) groups excluding carboxylic acids is 1. The molecule has 1 unspecified atom stereocenters. The minimum absolute atomic E-state index is 0.0771. The third kappa shape index (κ3) is 6.12. The summed E-state index contributed by atoms with van der Waals surface area (Å²) in [6, 6.07) is 6.08. The van der Waals surface area contributed by atoms with Crippen molar-refractivity contribution in [3.8, 4) is 5.75 Å². The summed E-state index contributed by atoms with van der Waals surface area (Å²) in [5.74, 6) is 0.634. The van der Waals surface area contributed by atoms with E-state index in [2.05, 4.69) is 67.0 Å². The van der Waals surface area contributed by atoms with E-state index in [0.29, 0.717) is 30.7 Å². The average molecular weight is 487 g/mol. The highest BCUT2D eigenvalue weighted by atomic mass is 16.6. The zero-order valence-corrected chi connectivity index (χ0v) is 22.5. The third-order valence-electron chi connectivity index (χ3n) is 8.18. The van der Waals surface area contributed by atoms with E-state index in [0.717, 1.165) is 38.9 Å². The van der Waals surface area contributed by atoms with Crippen LogP contribution in [0.5, 0.6) is 5.75 Å². The smallest absolute Gasteiger partial charge is 0.410 e. The fourth-order valence-electron chi connectivity index (χ4n) is 6.59. The molecule has 4 atom stereocenters. The largest absolute Gasteiger partial charge is 0.412 e. The van der Waals surface area contributed by atoms with Crippen LogP contribution in [-0.4, -0.2) is 81.1 Å². The van der Waals surface area contributed by atoms with E-state index < -0.39 is 0 Å². The Morgan fingerprint density at radius 3 is 2.51 bits per heavy atom. The van der Waals surface area contributed by atoms with Gasteiger partial charge in [0.1, 0.15) is 5.75 Å². The number of ether oxygens (including phenoxy) is 2. The zero-order chi connectivity index (χ0) is 25.0. The van der Waals surface area contributed by atoms with Crippen LogP contribution in [-0.2, 0) is 10.2 Å². The Hall–Kier alpha value is -1.83. The number of benzene rings is 1. The number of carbonyl (C=O) groups is 1. The summed E-state index contributed by atoms with van der Waals surface area (Å²) in [4.78, 5) is 19.7. The van der Waals surface area contributed by atoms with Gasteiger partial charge in [0, 0.05) is 44.3 Å². The highest BCUT2D eigenvalue weighted by molar-refractivity contribution is 5.72. The predicted molar refractivity (Wildman–Crippen MR) is 141 cm³/mol. The van der Waals surface area contributed by atoms with Crippen LogP contribution in [0.25, 0.3) is 0 Å². The molecular formula is C28H46N4O3. The van der Waals surface area contributed by atoms with Crippen molar-refractivity contribution in [1.29, 1.82) is 0 Å². The first-order chi connectivity index (χ1) is 16.8. The number of unbranched alkanes of at least 4 members (excludes halogenated alkanes) is 5. The first kappa shape index (κ1) is 26.2. The van der Waals surface area contributed by atoms with Crippen LogP contribution in [0, 0.1) is 0 Å². The predicted octanol–water partition coefficient (Wildman–Crippen LogP) is 4.59. The average Bonchev–Trinajstić information content (AvgIpc) is 3.22. The van der Waals surface area contributed by atoms with Crippen molar-refractivity contribution in [1.82, 2.24) is 15.1 Å². The van der Waals surface area contributed by atoms with Gasteiger partial charge in [-0.25, -0.2) is 4.79 Å². The van der Waals surface area contributed by atoms with Gasteiger partial charge in [0.25, 0.3) is 0 Å². The summed E-state index contributed by atoms with van der Waals surface area (Å²) in [5.41, 5.74) is 2.61. The number of anilines is 1. The van der Waals surface area contributed by atoms with Gasteiger partial charge in [-0.1, -0.05) is 32.6 Å². The fraction of sp³-hybridized carbons (Fsp3) is 0.750. The second-order valence-corrected chi connectivity index (χ2v) is 11.3. The van der Waals surface area contributed by atoms with E-state index in [1.807, 2.05) is 6.07 Å². The molecule has 4 rings (SSSR count). The Balaban J connectivity index is 1.09.